The topological polar surface area (TPSA) is 62.7 Å². The minimum absolute atomic E-state index is 0.504. The highest BCUT2D eigenvalue weighted by atomic mass is 15.2. The van der Waals surface area contributed by atoms with Crippen LogP contribution in [0.1, 0.15) is 77.0 Å². The first-order valence-electron chi connectivity index (χ1n) is 9.05. The Balaban J connectivity index is 1.56. The Bertz CT molecular complexity index is 397. The summed E-state index contributed by atoms with van der Waals surface area (Å²) in [6.45, 7) is 0. The van der Waals surface area contributed by atoms with Gasteiger partial charge in [-0.05, 0) is 25.7 Å². The highest BCUT2D eigenvalue weighted by molar-refractivity contribution is 5.34. The van der Waals surface area contributed by atoms with E-state index < -0.39 is 0 Å². The lowest BCUT2D eigenvalue weighted by molar-refractivity contribution is 0.608. The van der Waals surface area contributed by atoms with E-state index in [1.54, 1.807) is 0 Å². The van der Waals surface area contributed by atoms with Gasteiger partial charge < -0.3 is 10.6 Å². The Hall–Kier alpha value is -1.39. The molecule has 0 atom stereocenters. The summed E-state index contributed by atoms with van der Waals surface area (Å²) in [6, 6.07) is 1.01. The maximum atomic E-state index is 4.55. The predicted octanol–water partition coefficient (Wildman–Crippen LogP) is 3.94. The molecule has 1 radical (unpaired) electrons. The van der Waals surface area contributed by atoms with Gasteiger partial charge in [-0.1, -0.05) is 51.4 Å². The molecule has 3 rings (SSSR count). The Labute approximate surface area is 133 Å². The van der Waals surface area contributed by atoms with Crippen molar-refractivity contribution in [1.82, 2.24) is 15.0 Å². The van der Waals surface area contributed by atoms with E-state index in [1.807, 2.05) is 0 Å². The van der Waals surface area contributed by atoms with Crippen LogP contribution in [-0.4, -0.2) is 27.0 Å². The number of rotatable bonds is 4. The highest BCUT2D eigenvalue weighted by Crippen LogP contribution is 2.21. The van der Waals surface area contributed by atoms with Crippen LogP contribution in [-0.2, 0) is 0 Å². The molecule has 2 saturated carbocycles. The van der Waals surface area contributed by atoms with Crippen LogP contribution >= 0.6 is 0 Å². The van der Waals surface area contributed by atoms with Crippen LogP contribution in [0.3, 0.4) is 0 Å². The van der Waals surface area contributed by atoms with Crippen molar-refractivity contribution < 1.29 is 0 Å². The third-order valence-corrected chi connectivity index (χ3v) is 4.90. The number of hydrogen-bond acceptors (Lipinski definition) is 5. The minimum atomic E-state index is 0.504. The minimum Gasteiger partial charge on any atom is -0.351 e. The summed E-state index contributed by atoms with van der Waals surface area (Å²) < 4.78 is 0. The van der Waals surface area contributed by atoms with Crippen LogP contribution in [0.2, 0.25) is 0 Å². The lowest BCUT2D eigenvalue weighted by Gasteiger charge is -2.18. The molecular weight excluding hydrogens is 274 g/mol. The zero-order valence-electron chi connectivity index (χ0n) is 13.5. The molecule has 2 N–H and O–H groups in total. The van der Waals surface area contributed by atoms with Crippen LogP contribution in [0.4, 0.5) is 11.9 Å². The van der Waals surface area contributed by atoms with E-state index in [9.17, 15) is 0 Å². The van der Waals surface area contributed by atoms with Crippen molar-refractivity contribution >= 4 is 11.9 Å². The van der Waals surface area contributed by atoms with Crippen molar-refractivity contribution in [3.05, 3.63) is 6.33 Å². The molecule has 2 aliphatic carbocycles. The van der Waals surface area contributed by atoms with Crippen molar-refractivity contribution in [2.75, 3.05) is 10.6 Å². The van der Waals surface area contributed by atoms with E-state index in [2.05, 4.69) is 31.9 Å². The van der Waals surface area contributed by atoms with Crippen molar-refractivity contribution in [3.63, 3.8) is 0 Å². The molecule has 5 heteroatoms. The number of aromatic nitrogens is 3. The molecule has 121 valence electrons. The molecule has 0 spiro atoms. The Morgan fingerprint density at radius 2 is 1.05 bits per heavy atom. The third-order valence-electron chi connectivity index (χ3n) is 4.90. The average molecular weight is 302 g/mol. The molecule has 1 heterocycles. The van der Waals surface area contributed by atoms with Gasteiger partial charge in [0.2, 0.25) is 18.2 Å². The van der Waals surface area contributed by atoms with Gasteiger partial charge in [0.1, 0.15) is 0 Å². The van der Waals surface area contributed by atoms with E-state index in [0.717, 1.165) is 0 Å². The lowest BCUT2D eigenvalue weighted by Crippen LogP contribution is -2.23. The highest BCUT2D eigenvalue weighted by Gasteiger charge is 2.15. The standard InChI is InChI=1S/C17H28N5/c1-2-6-10-14(9-5-1)20-16-18-13-19-17(22-16)21-15-11-7-3-4-8-12-15/h14-15H,1-12H2,(H2,18,19,20,21,22). The molecule has 0 amide bonds. The summed E-state index contributed by atoms with van der Waals surface area (Å²) in [5, 5.41) is 6.95. The van der Waals surface area contributed by atoms with Crippen LogP contribution < -0.4 is 10.6 Å². The van der Waals surface area contributed by atoms with Gasteiger partial charge >= 0.3 is 0 Å². The largest absolute Gasteiger partial charge is 0.351 e. The molecule has 1 aromatic heterocycles. The number of nitrogens with one attached hydrogen (secondary N) is 2. The molecular formula is C17H28N5. The fourth-order valence-corrected chi connectivity index (χ4v) is 3.61. The molecule has 0 aromatic carbocycles. The maximum absolute atomic E-state index is 4.55. The molecule has 0 unspecified atom stereocenters. The molecule has 0 saturated heterocycles. The monoisotopic (exact) mass is 302 g/mol. The van der Waals surface area contributed by atoms with Gasteiger partial charge in [-0.2, -0.15) is 15.0 Å². The van der Waals surface area contributed by atoms with Gasteiger partial charge in [-0.15, -0.1) is 0 Å². The van der Waals surface area contributed by atoms with E-state index in [0.29, 0.717) is 24.0 Å². The summed E-state index contributed by atoms with van der Waals surface area (Å²) in [6.07, 6.45) is 18.3. The van der Waals surface area contributed by atoms with E-state index in [4.69, 9.17) is 0 Å². The number of hydrogen-bond donors (Lipinski definition) is 2. The van der Waals surface area contributed by atoms with Crippen LogP contribution in [0.5, 0.6) is 0 Å². The van der Waals surface area contributed by atoms with Gasteiger partial charge in [0, 0.05) is 12.1 Å². The molecule has 2 fully saturated rings. The first kappa shape index (κ1) is 15.5. The maximum Gasteiger partial charge on any atom is 0.228 e. The third kappa shape index (κ3) is 4.82. The summed E-state index contributed by atoms with van der Waals surface area (Å²) in [5.41, 5.74) is 0. The second-order valence-electron chi connectivity index (χ2n) is 6.75. The van der Waals surface area contributed by atoms with Gasteiger partial charge in [-0.25, -0.2) is 0 Å². The first-order chi connectivity index (χ1) is 10.9. The Morgan fingerprint density at radius 1 is 0.636 bits per heavy atom. The summed E-state index contributed by atoms with van der Waals surface area (Å²) >= 11 is 0. The molecule has 22 heavy (non-hydrogen) atoms. The van der Waals surface area contributed by atoms with Gasteiger partial charge in [0.05, 0.1) is 0 Å². The summed E-state index contributed by atoms with van der Waals surface area (Å²) in [7, 11) is 0. The van der Waals surface area contributed by atoms with Crippen LogP contribution in [0.15, 0.2) is 0 Å². The van der Waals surface area contributed by atoms with Crippen molar-refractivity contribution in [3.8, 4) is 0 Å². The molecule has 5 nitrogen and oxygen atoms in total. The SMILES string of the molecule is [c]1nc(NC2CCCCCC2)nc(NC2CCCCCC2)n1. The van der Waals surface area contributed by atoms with E-state index in [-0.39, 0.29) is 0 Å². The molecule has 0 bridgehead atoms. The fourth-order valence-electron chi connectivity index (χ4n) is 3.61. The first-order valence-corrected chi connectivity index (χ1v) is 9.05. The summed E-state index contributed by atoms with van der Waals surface area (Å²) in [4.78, 5) is 12.9. The second kappa shape index (κ2) is 8.30. The van der Waals surface area contributed by atoms with Crippen LogP contribution in [0.25, 0.3) is 0 Å². The summed E-state index contributed by atoms with van der Waals surface area (Å²) in [5.74, 6) is 1.36. The van der Waals surface area contributed by atoms with Crippen molar-refractivity contribution in [1.29, 1.82) is 0 Å². The quantitative estimate of drug-likeness (QED) is 0.825. The molecule has 0 aliphatic heterocycles. The van der Waals surface area contributed by atoms with Crippen molar-refractivity contribution in [2.24, 2.45) is 0 Å². The average Bonchev–Trinajstić information content (AvgIpc) is 2.93. The van der Waals surface area contributed by atoms with E-state index in [1.165, 1.54) is 77.0 Å². The zero-order valence-corrected chi connectivity index (χ0v) is 13.5. The Kier molecular flexibility index (Phi) is 5.85. The molecule has 2 aliphatic rings. The zero-order chi connectivity index (χ0) is 15.0. The smallest absolute Gasteiger partial charge is 0.228 e. The van der Waals surface area contributed by atoms with Gasteiger partial charge in [0.25, 0.3) is 0 Å². The van der Waals surface area contributed by atoms with Gasteiger partial charge in [0.15, 0.2) is 0 Å². The van der Waals surface area contributed by atoms with Crippen molar-refractivity contribution in [2.45, 2.75) is 89.1 Å². The number of anilines is 2. The number of nitrogens with zero attached hydrogens (tertiary/aromatic N) is 3. The molecule has 1 aromatic rings. The lowest BCUT2D eigenvalue weighted by atomic mass is 10.1. The van der Waals surface area contributed by atoms with Gasteiger partial charge in [-0.3, -0.25) is 0 Å². The normalized spacial score (nSPS) is 21.8. The fraction of sp³-hybridized carbons (Fsp3) is 0.824. The van der Waals surface area contributed by atoms with E-state index >= 15 is 0 Å². The second-order valence-corrected chi connectivity index (χ2v) is 6.75. The predicted molar refractivity (Wildman–Crippen MR) is 88.9 cm³/mol. The Morgan fingerprint density at radius 3 is 1.45 bits per heavy atom. The van der Waals surface area contributed by atoms with Crippen LogP contribution in [0, 0.1) is 6.33 Å².